The zero-order chi connectivity index (χ0) is 18.6. The second-order valence-corrected chi connectivity index (χ2v) is 6.58. The van der Waals surface area contributed by atoms with Crippen molar-refractivity contribution < 1.29 is 9.47 Å². The molecule has 136 valence electrons. The van der Waals surface area contributed by atoms with Crippen LogP contribution >= 0.6 is 11.3 Å². The van der Waals surface area contributed by atoms with Crippen LogP contribution in [-0.2, 0) is 6.54 Å². The first kappa shape index (κ1) is 17.2. The number of methoxy groups -OCH3 is 2. The second-order valence-electron chi connectivity index (χ2n) is 5.72. The molecule has 27 heavy (non-hydrogen) atoms. The molecule has 7 nitrogen and oxygen atoms in total. The van der Waals surface area contributed by atoms with Crippen LogP contribution in [-0.4, -0.2) is 39.4 Å². The number of hydrogen-bond acceptors (Lipinski definition) is 7. The molecule has 0 fully saturated rings. The van der Waals surface area contributed by atoms with E-state index in [9.17, 15) is 0 Å². The number of benzene rings is 2. The Bertz CT molecular complexity index is 1050. The first-order valence-corrected chi connectivity index (χ1v) is 9.15. The van der Waals surface area contributed by atoms with Crippen molar-refractivity contribution in [1.29, 1.82) is 0 Å². The van der Waals surface area contributed by atoms with Gasteiger partial charge in [0.2, 0.25) is 5.82 Å². The van der Waals surface area contributed by atoms with Crippen molar-refractivity contribution in [3.05, 3.63) is 59.6 Å². The third kappa shape index (κ3) is 3.65. The summed E-state index contributed by atoms with van der Waals surface area (Å²) in [5, 5.41) is 15.7. The molecule has 0 atom stereocenters. The van der Waals surface area contributed by atoms with E-state index in [-0.39, 0.29) is 0 Å². The van der Waals surface area contributed by atoms with Crippen LogP contribution < -0.4 is 9.47 Å². The van der Waals surface area contributed by atoms with Crippen molar-refractivity contribution in [2.75, 3.05) is 14.2 Å². The van der Waals surface area contributed by atoms with E-state index in [1.807, 2.05) is 53.9 Å². The Kier molecular flexibility index (Phi) is 4.80. The van der Waals surface area contributed by atoms with Crippen LogP contribution in [0.5, 0.6) is 11.5 Å². The van der Waals surface area contributed by atoms with Crippen molar-refractivity contribution in [3.63, 3.8) is 0 Å². The predicted molar refractivity (Wildman–Crippen MR) is 103 cm³/mol. The number of rotatable bonds is 6. The SMILES string of the molecule is COc1ccc(-c2nnn(Cc3csc(-c4ccccc4)n3)n2)cc1OC. The summed E-state index contributed by atoms with van der Waals surface area (Å²) < 4.78 is 10.6. The standard InChI is InChI=1S/C19H17N5O2S/c1-25-16-9-8-14(10-17(16)26-2)18-21-23-24(22-18)11-15-12-27-19(20-15)13-6-4-3-5-7-13/h3-10,12H,11H2,1-2H3. The number of nitrogens with zero attached hydrogens (tertiary/aromatic N) is 5. The third-order valence-corrected chi connectivity index (χ3v) is 4.91. The van der Waals surface area contributed by atoms with E-state index in [4.69, 9.17) is 9.47 Å². The summed E-state index contributed by atoms with van der Waals surface area (Å²) in [6.45, 7) is 0.462. The van der Waals surface area contributed by atoms with Crippen molar-refractivity contribution in [2.24, 2.45) is 0 Å². The van der Waals surface area contributed by atoms with Crippen LogP contribution in [0, 0.1) is 0 Å². The number of aromatic nitrogens is 5. The minimum Gasteiger partial charge on any atom is -0.493 e. The molecule has 8 heteroatoms. The Hall–Kier alpha value is -3.26. The van der Waals surface area contributed by atoms with Gasteiger partial charge in [0.25, 0.3) is 0 Å². The number of thiazole rings is 1. The lowest BCUT2D eigenvalue weighted by Crippen LogP contribution is -2.04. The van der Waals surface area contributed by atoms with Gasteiger partial charge in [-0.2, -0.15) is 4.80 Å². The van der Waals surface area contributed by atoms with Crippen LogP contribution in [0.1, 0.15) is 5.69 Å². The summed E-state index contributed by atoms with van der Waals surface area (Å²) in [5.74, 6) is 1.80. The maximum Gasteiger partial charge on any atom is 0.205 e. The van der Waals surface area contributed by atoms with Gasteiger partial charge in [0.05, 0.1) is 19.9 Å². The molecule has 0 spiro atoms. The maximum absolute atomic E-state index is 5.33. The van der Waals surface area contributed by atoms with Gasteiger partial charge < -0.3 is 9.47 Å². The Morgan fingerprint density at radius 3 is 2.56 bits per heavy atom. The van der Waals surface area contributed by atoms with Gasteiger partial charge in [-0.25, -0.2) is 4.98 Å². The first-order valence-electron chi connectivity index (χ1n) is 8.27. The molecule has 0 bridgehead atoms. The summed E-state index contributed by atoms with van der Waals surface area (Å²) in [6, 6.07) is 15.6. The number of ether oxygens (including phenoxy) is 2. The van der Waals surface area contributed by atoms with Crippen molar-refractivity contribution in [1.82, 2.24) is 25.2 Å². The molecule has 0 saturated heterocycles. The molecule has 0 unspecified atom stereocenters. The van der Waals surface area contributed by atoms with Gasteiger partial charge in [0, 0.05) is 16.5 Å². The van der Waals surface area contributed by atoms with E-state index in [1.54, 1.807) is 25.6 Å². The van der Waals surface area contributed by atoms with E-state index in [1.165, 1.54) is 4.80 Å². The van der Waals surface area contributed by atoms with E-state index in [2.05, 4.69) is 20.4 Å². The van der Waals surface area contributed by atoms with Gasteiger partial charge >= 0.3 is 0 Å². The number of tetrazole rings is 1. The highest BCUT2D eigenvalue weighted by Gasteiger charge is 2.12. The zero-order valence-electron chi connectivity index (χ0n) is 14.9. The fourth-order valence-electron chi connectivity index (χ4n) is 2.64. The Balaban J connectivity index is 1.53. The van der Waals surface area contributed by atoms with Gasteiger partial charge in [0.1, 0.15) is 11.6 Å². The molecule has 2 aromatic heterocycles. The molecule has 4 rings (SSSR count). The van der Waals surface area contributed by atoms with E-state index in [0.29, 0.717) is 23.9 Å². The minimum atomic E-state index is 0.462. The Morgan fingerprint density at radius 1 is 0.963 bits per heavy atom. The van der Waals surface area contributed by atoms with Gasteiger partial charge in [0.15, 0.2) is 11.5 Å². The van der Waals surface area contributed by atoms with Crippen LogP contribution in [0.2, 0.25) is 0 Å². The average molecular weight is 379 g/mol. The van der Waals surface area contributed by atoms with Gasteiger partial charge in [-0.3, -0.25) is 0 Å². The second kappa shape index (κ2) is 7.55. The fraction of sp³-hybridized carbons (Fsp3) is 0.158. The molecule has 0 aliphatic carbocycles. The lowest BCUT2D eigenvalue weighted by atomic mass is 10.2. The molecule has 0 amide bonds. The fourth-order valence-corrected chi connectivity index (χ4v) is 3.46. The van der Waals surface area contributed by atoms with Crippen LogP contribution in [0.25, 0.3) is 22.0 Å². The predicted octanol–water partition coefficient (Wildman–Crippen LogP) is 3.53. The highest BCUT2D eigenvalue weighted by Crippen LogP contribution is 2.30. The lowest BCUT2D eigenvalue weighted by molar-refractivity contribution is 0.355. The number of hydrogen-bond donors (Lipinski definition) is 0. The molecular formula is C19H17N5O2S. The molecule has 2 heterocycles. The smallest absolute Gasteiger partial charge is 0.205 e. The highest BCUT2D eigenvalue weighted by molar-refractivity contribution is 7.13. The monoisotopic (exact) mass is 379 g/mol. The van der Waals surface area contributed by atoms with Crippen LogP contribution in [0.4, 0.5) is 0 Å². The summed E-state index contributed by atoms with van der Waals surface area (Å²) in [7, 11) is 3.20. The summed E-state index contributed by atoms with van der Waals surface area (Å²) in [6.07, 6.45) is 0. The van der Waals surface area contributed by atoms with E-state index < -0.39 is 0 Å². The third-order valence-electron chi connectivity index (χ3n) is 3.97. The summed E-state index contributed by atoms with van der Waals surface area (Å²) >= 11 is 1.60. The maximum atomic E-state index is 5.33. The van der Waals surface area contributed by atoms with Gasteiger partial charge in [-0.1, -0.05) is 30.3 Å². The Morgan fingerprint density at radius 2 is 1.78 bits per heavy atom. The Labute approximate surface area is 160 Å². The molecule has 2 aromatic carbocycles. The minimum absolute atomic E-state index is 0.462. The van der Waals surface area contributed by atoms with Crippen molar-refractivity contribution in [3.8, 4) is 33.5 Å². The van der Waals surface area contributed by atoms with Crippen LogP contribution in [0.3, 0.4) is 0 Å². The van der Waals surface area contributed by atoms with Crippen molar-refractivity contribution >= 4 is 11.3 Å². The first-order chi connectivity index (χ1) is 13.3. The normalized spacial score (nSPS) is 10.7. The molecule has 0 N–H and O–H groups in total. The molecule has 0 aliphatic heterocycles. The molecular weight excluding hydrogens is 362 g/mol. The van der Waals surface area contributed by atoms with Gasteiger partial charge in [-0.15, -0.1) is 21.5 Å². The molecule has 0 radical (unpaired) electrons. The van der Waals surface area contributed by atoms with Crippen molar-refractivity contribution in [2.45, 2.75) is 6.54 Å². The highest BCUT2D eigenvalue weighted by atomic mass is 32.1. The lowest BCUT2D eigenvalue weighted by Gasteiger charge is -2.07. The van der Waals surface area contributed by atoms with E-state index >= 15 is 0 Å². The zero-order valence-corrected chi connectivity index (χ0v) is 15.7. The summed E-state index contributed by atoms with van der Waals surface area (Å²) in [4.78, 5) is 6.20. The molecule has 4 aromatic rings. The topological polar surface area (TPSA) is 75.0 Å². The average Bonchev–Trinajstić information content (AvgIpc) is 3.38. The molecule has 0 saturated carbocycles. The largest absolute Gasteiger partial charge is 0.493 e. The quantitative estimate of drug-likeness (QED) is 0.510. The molecule has 0 aliphatic rings. The van der Waals surface area contributed by atoms with Crippen LogP contribution in [0.15, 0.2) is 53.9 Å². The summed E-state index contributed by atoms with van der Waals surface area (Å²) in [5.41, 5.74) is 2.81. The van der Waals surface area contributed by atoms with E-state index in [0.717, 1.165) is 21.8 Å². The van der Waals surface area contributed by atoms with Gasteiger partial charge in [-0.05, 0) is 23.4 Å².